The van der Waals surface area contributed by atoms with E-state index < -0.39 is 12.0 Å². The predicted molar refractivity (Wildman–Crippen MR) is 69.4 cm³/mol. The Morgan fingerprint density at radius 3 is 2.39 bits per heavy atom. The lowest BCUT2D eigenvalue weighted by Gasteiger charge is -2.38. The van der Waals surface area contributed by atoms with Crippen LogP contribution < -0.4 is 5.32 Å². The molecule has 0 radical (unpaired) electrons. The first kappa shape index (κ1) is 14.8. The molecular weight excluding hydrogens is 232 g/mol. The van der Waals surface area contributed by atoms with Crippen LogP contribution in [0.5, 0.6) is 0 Å². The van der Waals surface area contributed by atoms with Gasteiger partial charge in [-0.15, -0.1) is 0 Å². The van der Waals surface area contributed by atoms with E-state index in [4.69, 9.17) is 5.11 Å². The quantitative estimate of drug-likeness (QED) is 0.810. The van der Waals surface area contributed by atoms with Crippen molar-refractivity contribution in [2.75, 3.05) is 13.1 Å². The molecule has 0 spiro atoms. The van der Waals surface area contributed by atoms with Crippen LogP contribution in [0.15, 0.2) is 0 Å². The molecule has 1 rings (SSSR count). The Balaban J connectivity index is 2.61. The van der Waals surface area contributed by atoms with Crippen LogP contribution in [-0.4, -0.2) is 41.1 Å². The molecule has 0 bridgehead atoms. The van der Waals surface area contributed by atoms with Gasteiger partial charge in [-0.05, 0) is 24.2 Å². The van der Waals surface area contributed by atoms with E-state index in [1.54, 1.807) is 18.7 Å². The molecule has 1 fully saturated rings. The van der Waals surface area contributed by atoms with Crippen molar-refractivity contribution in [3.63, 3.8) is 0 Å². The zero-order valence-corrected chi connectivity index (χ0v) is 11.7. The van der Waals surface area contributed by atoms with E-state index in [1.807, 2.05) is 0 Å². The molecule has 1 atom stereocenters. The number of aliphatic carboxylic acids is 1. The largest absolute Gasteiger partial charge is 0.480 e. The zero-order chi connectivity index (χ0) is 13.9. The van der Waals surface area contributed by atoms with Crippen LogP contribution in [0, 0.1) is 11.3 Å². The molecule has 1 unspecified atom stereocenters. The van der Waals surface area contributed by atoms with Gasteiger partial charge >= 0.3 is 12.0 Å². The monoisotopic (exact) mass is 256 g/mol. The van der Waals surface area contributed by atoms with E-state index in [-0.39, 0.29) is 17.4 Å². The van der Waals surface area contributed by atoms with Crippen LogP contribution in [0.2, 0.25) is 0 Å². The summed E-state index contributed by atoms with van der Waals surface area (Å²) in [5, 5.41) is 11.7. The Hall–Kier alpha value is -1.26. The molecule has 2 amide bonds. The molecule has 1 aliphatic heterocycles. The Morgan fingerprint density at radius 2 is 1.94 bits per heavy atom. The summed E-state index contributed by atoms with van der Waals surface area (Å²) in [5.74, 6) is -1.10. The maximum absolute atomic E-state index is 12.1. The Morgan fingerprint density at radius 1 is 1.33 bits per heavy atom. The number of carboxylic acid groups (broad SMARTS) is 1. The number of urea groups is 1. The van der Waals surface area contributed by atoms with Gasteiger partial charge in [0.05, 0.1) is 0 Å². The summed E-state index contributed by atoms with van der Waals surface area (Å²) in [6.07, 6.45) is 2.07. The minimum Gasteiger partial charge on any atom is -0.480 e. The topological polar surface area (TPSA) is 69.6 Å². The molecule has 18 heavy (non-hydrogen) atoms. The molecule has 1 saturated heterocycles. The Kier molecular flexibility index (Phi) is 4.59. The second-order valence-corrected chi connectivity index (χ2v) is 6.20. The van der Waals surface area contributed by atoms with E-state index in [1.165, 1.54) is 0 Å². The van der Waals surface area contributed by atoms with Crippen LogP contribution >= 0.6 is 0 Å². The number of carbonyl (C=O) groups is 2. The van der Waals surface area contributed by atoms with Gasteiger partial charge in [0, 0.05) is 13.1 Å². The third-order valence-corrected chi connectivity index (χ3v) is 3.40. The molecule has 1 aliphatic rings. The zero-order valence-electron chi connectivity index (χ0n) is 11.7. The van der Waals surface area contributed by atoms with Gasteiger partial charge in [-0.2, -0.15) is 0 Å². The third-order valence-electron chi connectivity index (χ3n) is 3.40. The van der Waals surface area contributed by atoms with E-state index >= 15 is 0 Å². The van der Waals surface area contributed by atoms with Crippen molar-refractivity contribution in [2.45, 2.75) is 46.6 Å². The summed E-state index contributed by atoms with van der Waals surface area (Å²) in [6, 6.07) is -1.08. The van der Waals surface area contributed by atoms with E-state index in [0.717, 1.165) is 12.8 Å². The fourth-order valence-electron chi connectivity index (χ4n) is 2.33. The minimum absolute atomic E-state index is 0.117. The van der Waals surface area contributed by atoms with E-state index in [9.17, 15) is 9.59 Å². The maximum Gasteiger partial charge on any atom is 0.326 e. The second kappa shape index (κ2) is 5.59. The lowest BCUT2D eigenvalue weighted by molar-refractivity contribution is -0.140. The van der Waals surface area contributed by atoms with Gasteiger partial charge < -0.3 is 15.3 Å². The lowest BCUT2D eigenvalue weighted by Crippen LogP contribution is -2.53. The molecule has 5 heteroatoms. The Labute approximate surface area is 109 Å². The second-order valence-electron chi connectivity index (χ2n) is 6.20. The summed E-state index contributed by atoms with van der Waals surface area (Å²) in [4.78, 5) is 24.8. The van der Waals surface area contributed by atoms with Crippen molar-refractivity contribution in [1.82, 2.24) is 10.2 Å². The highest BCUT2D eigenvalue weighted by molar-refractivity contribution is 5.82. The highest BCUT2D eigenvalue weighted by Crippen LogP contribution is 2.28. The van der Waals surface area contributed by atoms with Crippen molar-refractivity contribution >= 4 is 12.0 Å². The third kappa shape index (κ3) is 3.89. The number of hydrogen-bond donors (Lipinski definition) is 2. The van der Waals surface area contributed by atoms with E-state index in [2.05, 4.69) is 19.2 Å². The summed E-state index contributed by atoms with van der Waals surface area (Å²) in [7, 11) is 0. The number of carboxylic acids is 1. The fourth-order valence-corrected chi connectivity index (χ4v) is 2.33. The van der Waals surface area contributed by atoms with Gasteiger partial charge in [-0.25, -0.2) is 9.59 Å². The SMILES string of the molecule is CC(C)C(NC(=O)N1CCCC(C)(C)C1)C(=O)O. The van der Waals surface area contributed by atoms with Crippen LogP contribution in [0.4, 0.5) is 4.79 Å². The first-order chi connectivity index (χ1) is 8.23. The first-order valence-corrected chi connectivity index (χ1v) is 6.51. The number of hydrogen-bond acceptors (Lipinski definition) is 2. The van der Waals surface area contributed by atoms with Crippen LogP contribution in [-0.2, 0) is 4.79 Å². The molecule has 0 aliphatic carbocycles. The van der Waals surface area contributed by atoms with Gasteiger partial charge in [0.15, 0.2) is 0 Å². The van der Waals surface area contributed by atoms with Crippen molar-refractivity contribution in [3.8, 4) is 0 Å². The summed E-state index contributed by atoms with van der Waals surface area (Å²) in [5.41, 5.74) is 0.117. The molecule has 0 aromatic heterocycles. The number of nitrogens with zero attached hydrogens (tertiary/aromatic N) is 1. The molecule has 0 saturated carbocycles. The molecule has 2 N–H and O–H groups in total. The van der Waals surface area contributed by atoms with Crippen molar-refractivity contribution in [1.29, 1.82) is 0 Å². The van der Waals surface area contributed by atoms with Crippen molar-refractivity contribution in [2.24, 2.45) is 11.3 Å². The van der Waals surface area contributed by atoms with Crippen molar-refractivity contribution < 1.29 is 14.7 Å². The maximum atomic E-state index is 12.1. The molecular formula is C13H24N2O3. The molecule has 5 nitrogen and oxygen atoms in total. The Bertz CT molecular complexity index is 326. The summed E-state index contributed by atoms with van der Waals surface area (Å²) in [6.45, 7) is 9.23. The molecule has 0 aromatic carbocycles. The smallest absolute Gasteiger partial charge is 0.326 e. The molecule has 1 heterocycles. The van der Waals surface area contributed by atoms with Crippen LogP contribution in [0.3, 0.4) is 0 Å². The number of carbonyl (C=O) groups excluding carboxylic acids is 1. The standard InChI is InChI=1S/C13H24N2O3/c1-9(2)10(11(16)17)14-12(18)15-7-5-6-13(3,4)8-15/h9-10H,5-8H2,1-4H3,(H,14,18)(H,16,17). The van der Waals surface area contributed by atoms with Gasteiger partial charge in [0.25, 0.3) is 0 Å². The number of likely N-dealkylation sites (tertiary alicyclic amines) is 1. The van der Waals surface area contributed by atoms with Gasteiger partial charge in [-0.1, -0.05) is 27.7 Å². The fraction of sp³-hybridized carbons (Fsp3) is 0.846. The minimum atomic E-state index is -0.977. The van der Waals surface area contributed by atoms with Gasteiger partial charge in [-0.3, -0.25) is 0 Å². The summed E-state index contributed by atoms with van der Waals surface area (Å²) < 4.78 is 0. The number of amides is 2. The van der Waals surface area contributed by atoms with Gasteiger partial charge in [0.1, 0.15) is 6.04 Å². The predicted octanol–water partition coefficient (Wildman–Crippen LogP) is 1.93. The van der Waals surface area contributed by atoms with E-state index in [0.29, 0.717) is 13.1 Å². The first-order valence-electron chi connectivity index (χ1n) is 6.51. The molecule has 0 aromatic rings. The summed E-state index contributed by atoms with van der Waals surface area (Å²) >= 11 is 0. The highest BCUT2D eigenvalue weighted by atomic mass is 16.4. The molecule has 104 valence electrons. The number of piperidine rings is 1. The van der Waals surface area contributed by atoms with Gasteiger partial charge in [0.2, 0.25) is 0 Å². The lowest BCUT2D eigenvalue weighted by atomic mass is 9.84. The van der Waals surface area contributed by atoms with Crippen molar-refractivity contribution in [3.05, 3.63) is 0 Å². The number of rotatable bonds is 3. The average molecular weight is 256 g/mol. The number of nitrogens with one attached hydrogen (secondary N) is 1. The normalized spacial score (nSPS) is 20.6. The van der Waals surface area contributed by atoms with Crippen LogP contribution in [0.25, 0.3) is 0 Å². The average Bonchev–Trinajstić information content (AvgIpc) is 2.23. The highest BCUT2D eigenvalue weighted by Gasteiger charge is 2.31. The van der Waals surface area contributed by atoms with Crippen LogP contribution in [0.1, 0.15) is 40.5 Å².